The van der Waals surface area contributed by atoms with Gasteiger partial charge in [-0.2, -0.15) is 0 Å². The monoisotopic (exact) mass is 853 g/mol. The maximum Gasteiger partial charge on any atom is 0.0755 e. The van der Waals surface area contributed by atoms with Crippen LogP contribution < -0.4 is 4.90 Å². The van der Waals surface area contributed by atoms with Crippen molar-refractivity contribution >= 4 is 60.7 Å². The third-order valence-electron chi connectivity index (χ3n) is 15.7. The number of aromatic nitrogens is 2. The Kier molecular flexibility index (Phi) is 7.22. The van der Waals surface area contributed by atoms with E-state index >= 15 is 0 Å². The number of fused-ring (bicyclic) bond motifs is 18. The van der Waals surface area contributed by atoms with E-state index in [-0.39, 0.29) is 5.41 Å². The fourth-order valence-corrected chi connectivity index (χ4v) is 12.9. The van der Waals surface area contributed by atoms with Crippen LogP contribution in [0.3, 0.4) is 0 Å². The van der Waals surface area contributed by atoms with Gasteiger partial charge in [-0.15, -0.1) is 0 Å². The predicted molar refractivity (Wildman–Crippen MR) is 278 cm³/mol. The Morgan fingerprint density at radius 3 is 1.61 bits per heavy atom. The highest BCUT2D eigenvalue weighted by molar-refractivity contribution is 6.13. The molecule has 3 heterocycles. The van der Waals surface area contributed by atoms with Crippen LogP contribution in [0.25, 0.3) is 77.2 Å². The molecule has 67 heavy (non-hydrogen) atoms. The molecule has 3 aliphatic rings. The Bertz CT molecular complexity index is 4090. The molecule has 3 nitrogen and oxygen atoms in total. The zero-order valence-electron chi connectivity index (χ0n) is 37.2. The highest BCUT2D eigenvalue weighted by Crippen LogP contribution is 2.62. The summed E-state index contributed by atoms with van der Waals surface area (Å²) in [5, 5.41) is 5.03. The molecule has 1 aliphatic heterocycles. The molecule has 1 atom stereocenters. The lowest BCUT2D eigenvalue weighted by atomic mass is 9.65. The lowest BCUT2D eigenvalue weighted by molar-refractivity contribution is 0.660. The van der Waals surface area contributed by atoms with Crippen molar-refractivity contribution in [3.8, 4) is 33.6 Å². The number of nitrogens with zero attached hydrogens (tertiary/aromatic N) is 3. The van der Waals surface area contributed by atoms with E-state index in [4.69, 9.17) is 0 Å². The highest BCUT2D eigenvalue weighted by Gasteiger charge is 2.51. The molecule has 0 radical (unpaired) electrons. The fourth-order valence-electron chi connectivity index (χ4n) is 12.9. The maximum atomic E-state index is 2.54. The Hall–Kier alpha value is -8.40. The molecule has 314 valence electrons. The van der Waals surface area contributed by atoms with E-state index in [0.29, 0.717) is 0 Å². The lowest BCUT2D eigenvalue weighted by Crippen LogP contribution is -2.33. The Balaban J connectivity index is 1.03. The Morgan fingerprint density at radius 1 is 0.328 bits per heavy atom. The maximum absolute atomic E-state index is 2.54. The van der Waals surface area contributed by atoms with Crippen LogP contribution in [-0.4, -0.2) is 9.13 Å². The second kappa shape index (κ2) is 13.1. The molecule has 12 aromatic rings. The van der Waals surface area contributed by atoms with Gasteiger partial charge >= 0.3 is 0 Å². The van der Waals surface area contributed by atoms with Crippen molar-refractivity contribution in [2.75, 3.05) is 4.90 Å². The zero-order chi connectivity index (χ0) is 44.2. The van der Waals surface area contributed by atoms with Crippen molar-refractivity contribution in [2.24, 2.45) is 0 Å². The molecular formula is C64H43N3. The summed E-state index contributed by atoms with van der Waals surface area (Å²) in [7, 11) is 0. The van der Waals surface area contributed by atoms with Crippen LogP contribution in [0.4, 0.5) is 17.1 Å². The molecule has 0 N–H and O–H groups in total. The number of rotatable bonds is 4. The minimum absolute atomic E-state index is 0.159. The van der Waals surface area contributed by atoms with Gasteiger partial charge in [-0.3, -0.25) is 0 Å². The van der Waals surface area contributed by atoms with Gasteiger partial charge in [-0.25, -0.2) is 0 Å². The standard InChI is InChI=1S/C64H43N3/c1-63(2)52-24-10-6-19-44(52)46-34-31-42(38-56(46)63)65(41-33-36-60-51(37-41)49-22-9-13-28-58(49)66(60)40-17-4-3-5-18-40)43-32-35-47-45-20-7-11-25-53(45)64(57(47)39-43)54-26-12-15-30-61(54)67-59-29-14-8-21-48(59)50-23-16-27-55(64)62(50)67/h3-39H,1-2H3. The minimum Gasteiger partial charge on any atom is -0.310 e. The van der Waals surface area contributed by atoms with E-state index in [2.05, 4.69) is 252 Å². The topological polar surface area (TPSA) is 13.1 Å². The first kappa shape index (κ1) is 36.9. The van der Waals surface area contributed by atoms with E-state index in [1.54, 1.807) is 0 Å². The molecule has 0 amide bonds. The molecule has 15 rings (SSSR count). The summed E-state index contributed by atoms with van der Waals surface area (Å²) in [5.74, 6) is 0. The molecule has 10 aromatic carbocycles. The van der Waals surface area contributed by atoms with Gasteiger partial charge in [-0.05, 0) is 128 Å². The molecule has 0 saturated carbocycles. The lowest BCUT2D eigenvalue weighted by Gasteiger charge is -2.40. The van der Waals surface area contributed by atoms with Crippen molar-refractivity contribution in [3.05, 3.63) is 258 Å². The number of benzene rings is 10. The van der Waals surface area contributed by atoms with Gasteiger partial charge in [0, 0.05) is 49.7 Å². The molecular weight excluding hydrogens is 811 g/mol. The smallest absolute Gasteiger partial charge is 0.0755 e. The summed E-state index contributed by atoms with van der Waals surface area (Å²) in [6.45, 7) is 4.76. The van der Waals surface area contributed by atoms with E-state index in [9.17, 15) is 0 Å². The quantitative estimate of drug-likeness (QED) is 0.172. The molecule has 1 spiro atoms. The molecule has 2 aromatic heterocycles. The van der Waals surface area contributed by atoms with E-state index in [1.165, 1.54) is 105 Å². The van der Waals surface area contributed by atoms with Gasteiger partial charge < -0.3 is 14.0 Å². The third-order valence-corrected chi connectivity index (χ3v) is 15.7. The average Bonchev–Trinajstić information content (AvgIpc) is 4.06. The Labute approximate surface area is 389 Å². The van der Waals surface area contributed by atoms with Crippen LogP contribution in [0, 0.1) is 0 Å². The fraction of sp³-hybridized carbons (Fsp3) is 0.0625. The van der Waals surface area contributed by atoms with Gasteiger partial charge in [0.25, 0.3) is 0 Å². The Morgan fingerprint density at radius 2 is 0.836 bits per heavy atom. The summed E-state index contributed by atoms with van der Waals surface area (Å²) >= 11 is 0. The van der Waals surface area contributed by atoms with Gasteiger partial charge in [0.2, 0.25) is 0 Å². The summed E-state index contributed by atoms with van der Waals surface area (Å²) in [6.07, 6.45) is 0. The van der Waals surface area contributed by atoms with Gasteiger partial charge in [0.15, 0.2) is 0 Å². The van der Waals surface area contributed by atoms with Gasteiger partial charge in [0.05, 0.1) is 33.2 Å². The second-order valence-corrected chi connectivity index (χ2v) is 19.2. The molecule has 0 saturated heterocycles. The third kappa shape index (κ3) is 4.65. The van der Waals surface area contributed by atoms with Crippen LogP contribution in [-0.2, 0) is 10.8 Å². The second-order valence-electron chi connectivity index (χ2n) is 19.2. The van der Waals surface area contributed by atoms with Crippen molar-refractivity contribution in [1.82, 2.24) is 9.13 Å². The molecule has 3 heteroatoms. The average molecular weight is 854 g/mol. The van der Waals surface area contributed by atoms with Crippen LogP contribution in [0.15, 0.2) is 224 Å². The zero-order valence-corrected chi connectivity index (χ0v) is 37.2. The van der Waals surface area contributed by atoms with Crippen molar-refractivity contribution in [2.45, 2.75) is 24.7 Å². The first-order valence-electron chi connectivity index (χ1n) is 23.5. The molecule has 0 bridgehead atoms. The van der Waals surface area contributed by atoms with Crippen molar-refractivity contribution in [1.29, 1.82) is 0 Å². The van der Waals surface area contributed by atoms with Crippen molar-refractivity contribution in [3.63, 3.8) is 0 Å². The number of anilines is 3. The highest BCUT2D eigenvalue weighted by atomic mass is 15.1. The van der Waals surface area contributed by atoms with E-state index in [1.807, 2.05) is 0 Å². The summed E-state index contributed by atoms with van der Waals surface area (Å²) < 4.78 is 4.94. The summed E-state index contributed by atoms with van der Waals surface area (Å²) in [5.41, 5.74) is 23.2. The first-order valence-corrected chi connectivity index (χ1v) is 23.5. The SMILES string of the molecule is CC1(C)c2ccccc2-c2ccc(N(c3ccc4c(c3)C3(c5ccccc5-4)c4ccccc4-n4c5ccccc5c5cccc3c54)c3ccc4c(c3)c3ccccc3n4-c3ccccc3)cc21. The number of hydrogen-bond acceptors (Lipinski definition) is 1. The molecule has 2 aliphatic carbocycles. The normalized spacial score (nSPS) is 15.8. The summed E-state index contributed by atoms with van der Waals surface area (Å²) in [4.78, 5) is 2.52. The van der Waals surface area contributed by atoms with Crippen LogP contribution >= 0.6 is 0 Å². The molecule has 0 fully saturated rings. The molecule has 1 unspecified atom stereocenters. The van der Waals surface area contributed by atoms with Crippen LogP contribution in [0.2, 0.25) is 0 Å². The number of para-hydroxylation sites is 5. The largest absolute Gasteiger partial charge is 0.310 e. The summed E-state index contributed by atoms with van der Waals surface area (Å²) in [6, 6.07) is 84.4. The van der Waals surface area contributed by atoms with Gasteiger partial charge in [-0.1, -0.05) is 166 Å². The minimum atomic E-state index is -0.567. The van der Waals surface area contributed by atoms with Gasteiger partial charge in [0.1, 0.15) is 0 Å². The van der Waals surface area contributed by atoms with E-state index in [0.717, 1.165) is 22.7 Å². The van der Waals surface area contributed by atoms with Crippen LogP contribution in [0.1, 0.15) is 47.2 Å². The van der Waals surface area contributed by atoms with Crippen LogP contribution in [0.5, 0.6) is 0 Å². The van der Waals surface area contributed by atoms with E-state index < -0.39 is 5.41 Å². The first-order chi connectivity index (χ1) is 33.0. The van der Waals surface area contributed by atoms with Crippen molar-refractivity contribution < 1.29 is 0 Å². The predicted octanol–water partition coefficient (Wildman–Crippen LogP) is 16.3. The number of hydrogen-bond donors (Lipinski definition) is 0.